The van der Waals surface area contributed by atoms with Crippen molar-refractivity contribution in [2.24, 2.45) is 0 Å². The number of aromatic nitrogens is 2. The molecule has 1 N–H and O–H groups in total. The molecule has 2 atom stereocenters. The third-order valence-corrected chi connectivity index (χ3v) is 3.31. The number of ether oxygens (including phenoxy) is 1. The first-order valence-electron chi connectivity index (χ1n) is 5.49. The third kappa shape index (κ3) is 2.73. The number of aldehydes is 1. The summed E-state index contributed by atoms with van der Waals surface area (Å²) in [6.07, 6.45) is 5.23. The monoisotopic (exact) mass is 255 g/mol. The number of carbonyl (C=O) groups excluding carboxylic acids is 1. The average Bonchev–Trinajstić information content (AvgIpc) is 2.77. The van der Waals surface area contributed by atoms with Gasteiger partial charge in [0, 0.05) is 13.2 Å². The quantitative estimate of drug-likeness (QED) is 0.658. The first-order valence-corrected chi connectivity index (χ1v) is 5.87. The molecule has 17 heavy (non-hydrogen) atoms. The topological polar surface area (TPSA) is 64.1 Å². The molecular weight excluding hydrogens is 242 g/mol. The Balaban J connectivity index is 2.09. The van der Waals surface area contributed by atoms with Gasteiger partial charge in [-0.1, -0.05) is 11.6 Å². The molecule has 0 radical (unpaired) electrons. The van der Waals surface area contributed by atoms with Crippen LogP contribution in [-0.4, -0.2) is 35.5 Å². The van der Waals surface area contributed by atoms with Crippen molar-refractivity contribution in [3.63, 3.8) is 0 Å². The molecule has 0 amide bonds. The highest BCUT2D eigenvalue weighted by molar-refractivity contribution is 6.32. The Morgan fingerprint density at radius 3 is 3.00 bits per heavy atom. The normalized spacial score (nSPS) is 23.6. The molecule has 1 aliphatic carbocycles. The summed E-state index contributed by atoms with van der Waals surface area (Å²) in [6.45, 7) is 0. The fraction of sp³-hybridized carbons (Fsp3) is 0.545. The molecule has 1 saturated carbocycles. The SMILES string of the molecule is COC1CCC(Nc2ncnc(Cl)c2C=O)C1. The van der Waals surface area contributed by atoms with E-state index in [2.05, 4.69) is 15.3 Å². The van der Waals surface area contributed by atoms with Gasteiger partial charge in [0.05, 0.1) is 11.7 Å². The number of methoxy groups -OCH3 is 1. The number of nitrogens with one attached hydrogen (secondary N) is 1. The molecule has 0 aromatic carbocycles. The van der Waals surface area contributed by atoms with Crippen LogP contribution >= 0.6 is 11.6 Å². The van der Waals surface area contributed by atoms with Gasteiger partial charge in [0.1, 0.15) is 17.3 Å². The molecule has 1 aliphatic rings. The summed E-state index contributed by atoms with van der Waals surface area (Å²) in [5, 5.41) is 3.40. The molecule has 0 spiro atoms. The highest BCUT2D eigenvalue weighted by Gasteiger charge is 2.25. The lowest BCUT2D eigenvalue weighted by atomic mass is 10.2. The number of hydrogen-bond acceptors (Lipinski definition) is 5. The van der Waals surface area contributed by atoms with Crippen LogP contribution in [0.4, 0.5) is 5.82 Å². The van der Waals surface area contributed by atoms with Gasteiger partial charge in [-0.2, -0.15) is 0 Å². The van der Waals surface area contributed by atoms with E-state index in [4.69, 9.17) is 16.3 Å². The lowest BCUT2D eigenvalue weighted by Gasteiger charge is -2.14. The van der Waals surface area contributed by atoms with Gasteiger partial charge in [-0.3, -0.25) is 4.79 Å². The third-order valence-electron chi connectivity index (χ3n) is 3.01. The molecule has 0 bridgehead atoms. The van der Waals surface area contributed by atoms with Gasteiger partial charge in [-0.25, -0.2) is 9.97 Å². The average molecular weight is 256 g/mol. The van der Waals surface area contributed by atoms with Crippen LogP contribution in [0.15, 0.2) is 6.33 Å². The Morgan fingerprint density at radius 1 is 1.53 bits per heavy atom. The summed E-state index contributed by atoms with van der Waals surface area (Å²) >= 11 is 5.82. The number of carbonyl (C=O) groups is 1. The molecule has 92 valence electrons. The van der Waals surface area contributed by atoms with Crippen LogP contribution in [0, 0.1) is 0 Å². The lowest BCUT2D eigenvalue weighted by molar-refractivity contribution is 0.108. The molecule has 1 aromatic heterocycles. The second-order valence-electron chi connectivity index (χ2n) is 4.06. The van der Waals surface area contributed by atoms with Crippen molar-refractivity contribution < 1.29 is 9.53 Å². The predicted molar refractivity (Wildman–Crippen MR) is 64.5 cm³/mol. The summed E-state index contributed by atoms with van der Waals surface area (Å²) in [7, 11) is 1.71. The zero-order valence-corrected chi connectivity index (χ0v) is 10.3. The maximum absolute atomic E-state index is 10.9. The van der Waals surface area contributed by atoms with Gasteiger partial charge in [0.15, 0.2) is 6.29 Å². The van der Waals surface area contributed by atoms with Crippen molar-refractivity contribution in [1.82, 2.24) is 9.97 Å². The molecule has 2 unspecified atom stereocenters. The molecule has 2 rings (SSSR count). The number of hydrogen-bond donors (Lipinski definition) is 1. The van der Waals surface area contributed by atoms with Gasteiger partial charge in [0.25, 0.3) is 0 Å². The summed E-state index contributed by atoms with van der Waals surface area (Å²) in [5.41, 5.74) is 0.315. The fourth-order valence-electron chi connectivity index (χ4n) is 2.07. The second-order valence-corrected chi connectivity index (χ2v) is 4.41. The molecule has 1 fully saturated rings. The van der Waals surface area contributed by atoms with E-state index in [0.717, 1.165) is 19.3 Å². The summed E-state index contributed by atoms with van der Waals surface area (Å²) in [6, 6.07) is 0.268. The first-order chi connectivity index (χ1) is 8.24. The van der Waals surface area contributed by atoms with Crippen LogP contribution in [0.1, 0.15) is 29.6 Å². The van der Waals surface area contributed by atoms with Crippen molar-refractivity contribution in [3.8, 4) is 0 Å². The largest absolute Gasteiger partial charge is 0.381 e. The number of rotatable bonds is 4. The smallest absolute Gasteiger partial charge is 0.156 e. The van der Waals surface area contributed by atoms with E-state index >= 15 is 0 Å². The Kier molecular flexibility index (Phi) is 3.91. The molecule has 0 aliphatic heterocycles. The Hall–Kier alpha value is -1.20. The van der Waals surface area contributed by atoms with E-state index in [1.54, 1.807) is 7.11 Å². The molecule has 5 nitrogen and oxygen atoms in total. The molecule has 6 heteroatoms. The highest BCUT2D eigenvalue weighted by atomic mass is 35.5. The van der Waals surface area contributed by atoms with Gasteiger partial charge in [0.2, 0.25) is 0 Å². The van der Waals surface area contributed by atoms with E-state index in [9.17, 15) is 4.79 Å². The highest BCUT2D eigenvalue weighted by Crippen LogP contribution is 2.26. The zero-order chi connectivity index (χ0) is 12.3. The fourth-order valence-corrected chi connectivity index (χ4v) is 2.25. The summed E-state index contributed by atoms with van der Waals surface area (Å²) in [5.74, 6) is 0.502. The number of halogens is 1. The van der Waals surface area contributed by atoms with E-state index in [1.165, 1.54) is 6.33 Å². The standard InChI is InChI=1S/C11H14ClN3O2/c1-17-8-3-2-7(4-8)15-11-9(5-16)10(12)13-6-14-11/h5-8H,2-4H2,1H3,(H,13,14,15). The van der Waals surface area contributed by atoms with Gasteiger partial charge >= 0.3 is 0 Å². The minimum Gasteiger partial charge on any atom is -0.381 e. The number of nitrogens with zero attached hydrogens (tertiary/aromatic N) is 2. The Labute approximate surface area is 105 Å². The van der Waals surface area contributed by atoms with E-state index in [1.807, 2.05) is 0 Å². The van der Waals surface area contributed by atoms with Crippen LogP contribution in [0.2, 0.25) is 5.15 Å². The zero-order valence-electron chi connectivity index (χ0n) is 9.52. The van der Waals surface area contributed by atoms with Crippen molar-refractivity contribution in [2.45, 2.75) is 31.4 Å². The van der Waals surface area contributed by atoms with Crippen molar-refractivity contribution in [1.29, 1.82) is 0 Å². The molecule has 1 heterocycles. The summed E-state index contributed by atoms with van der Waals surface area (Å²) < 4.78 is 5.29. The maximum Gasteiger partial charge on any atom is 0.156 e. The van der Waals surface area contributed by atoms with Crippen molar-refractivity contribution in [3.05, 3.63) is 17.0 Å². The molecule has 0 saturated heterocycles. The molecule has 1 aromatic rings. The van der Waals surface area contributed by atoms with Crippen molar-refractivity contribution in [2.75, 3.05) is 12.4 Å². The van der Waals surface area contributed by atoms with Gasteiger partial charge < -0.3 is 10.1 Å². The maximum atomic E-state index is 10.9. The number of anilines is 1. The van der Waals surface area contributed by atoms with E-state index < -0.39 is 0 Å². The first kappa shape index (κ1) is 12.3. The lowest BCUT2D eigenvalue weighted by Crippen LogP contribution is -2.19. The summed E-state index contributed by atoms with van der Waals surface area (Å²) in [4.78, 5) is 18.7. The van der Waals surface area contributed by atoms with Crippen LogP contribution in [0.3, 0.4) is 0 Å². The van der Waals surface area contributed by atoms with Crippen LogP contribution in [0.25, 0.3) is 0 Å². The minimum atomic E-state index is 0.179. The van der Waals surface area contributed by atoms with E-state index in [0.29, 0.717) is 17.7 Å². The van der Waals surface area contributed by atoms with Gasteiger partial charge in [-0.05, 0) is 19.3 Å². The molecular formula is C11H14ClN3O2. The van der Waals surface area contributed by atoms with Crippen molar-refractivity contribution >= 4 is 23.7 Å². The Bertz CT molecular complexity index is 414. The van der Waals surface area contributed by atoms with E-state index in [-0.39, 0.29) is 17.3 Å². The van der Waals surface area contributed by atoms with Crippen LogP contribution in [-0.2, 0) is 4.74 Å². The van der Waals surface area contributed by atoms with Crippen LogP contribution < -0.4 is 5.32 Å². The predicted octanol–water partition coefficient (Wildman–Crippen LogP) is 1.92. The minimum absolute atomic E-state index is 0.179. The van der Waals surface area contributed by atoms with Gasteiger partial charge in [-0.15, -0.1) is 0 Å². The Morgan fingerprint density at radius 2 is 2.35 bits per heavy atom. The van der Waals surface area contributed by atoms with Crippen LogP contribution in [0.5, 0.6) is 0 Å². The second kappa shape index (κ2) is 5.42.